The first kappa shape index (κ1) is 20.0. The number of thiophene rings is 1. The average Bonchev–Trinajstić information content (AvgIpc) is 3.18. The minimum atomic E-state index is -0.00201. The Morgan fingerprint density at radius 2 is 2.35 bits per heavy atom. The number of hydrogen-bond donors (Lipinski definition) is 2. The van der Waals surface area contributed by atoms with Crippen LogP contribution in [0.15, 0.2) is 21.9 Å². The highest BCUT2D eigenvalue weighted by molar-refractivity contribution is 7.13. The molecule has 1 fully saturated rings. The number of aryl methyl sites for hydroxylation is 1. The SMILES string of the molecule is Cc1oc(-c2cccs2)nc1CC(=O)NCC1CCCN1.Cl.Cl. The van der Waals surface area contributed by atoms with Gasteiger partial charge in [0.15, 0.2) is 0 Å². The Kier molecular flexibility index (Phi) is 8.05. The van der Waals surface area contributed by atoms with Gasteiger partial charge in [-0.05, 0) is 37.8 Å². The molecule has 2 aromatic heterocycles. The third kappa shape index (κ3) is 5.21. The van der Waals surface area contributed by atoms with Crippen molar-refractivity contribution in [3.8, 4) is 10.8 Å². The van der Waals surface area contributed by atoms with E-state index in [1.165, 1.54) is 6.42 Å². The predicted octanol–water partition coefficient (Wildman–Crippen LogP) is 2.97. The highest BCUT2D eigenvalue weighted by atomic mass is 35.5. The van der Waals surface area contributed by atoms with E-state index in [-0.39, 0.29) is 37.1 Å². The van der Waals surface area contributed by atoms with E-state index in [1.54, 1.807) is 11.3 Å². The lowest BCUT2D eigenvalue weighted by Crippen LogP contribution is -2.37. The number of carbonyl (C=O) groups is 1. The minimum absolute atomic E-state index is 0. The number of nitrogens with one attached hydrogen (secondary N) is 2. The van der Waals surface area contributed by atoms with Crippen molar-refractivity contribution in [2.75, 3.05) is 13.1 Å². The van der Waals surface area contributed by atoms with Gasteiger partial charge in [-0.1, -0.05) is 6.07 Å². The van der Waals surface area contributed by atoms with Gasteiger partial charge in [-0.3, -0.25) is 4.79 Å². The Morgan fingerprint density at radius 1 is 1.52 bits per heavy atom. The largest absolute Gasteiger partial charge is 0.440 e. The third-order valence-electron chi connectivity index (χ3n) is 3.66. The maximum atomic E-state index is 12.0. The summed E-state index contributed by atoms with van der Waals surface area (Å²) in [6.45, 7) is 3.59. The van der Waals surface area contributed by atoms with Gasteiger partial charge in [0.1, 0.15) is 5.76 Å². The molecule has 1 aliphatic rings. The molecule has 0 bridgehead atoms. The molecule has 0 spiro atoms. The molecule has 0 aromatic carbocycles. The molecule has 23 heavy (non-hydrogen) atoms. The fourth-order valence-electron chi connectivity index (χ4n) is 2.48. The standard InChI is InChI=1S/C15H19N3O2S.2ClH/c1-10-12(18-15(20-10)13-5-3-7-21-13)8-14(19)17-9-11-4-2-6-16-11;;/h3,5,7,11,16H,2,4,6,8-9H2,1H3,(H,17,19);2*1H. The van der Waals surface area contributed by atoms with Crippen molar-refractivity contribution in [1.29, 1.82) is 0 Å². The summed E-state index contributed by atoms with van der Waals surface area (Å²) in [5, 5.41) is 8.31. The van der Waals surface area contributed by atoms with Crippen LogP contribution in [0.1, 0.15) is 24.3 Å². The quantitative estimate of drug-likeness (QED) is 0.840. The van der Waals surface area contributed by atoms with Crippen molar-refractivity contribution < 1.29 is 9.21 Å². The topological polar surface area (TPSA) is 67.2 Å². The van der Waals surface area contributed by atoms with Crippen molar-refractivity contribution in [2.45, 2.75) is 32.2 Å². The van der Waals surface area contributed by atoms with Gasteiger partial charge in [-0.2, -0.15) is 0 Å². The number of amides is 1. The molecule has 3 heterocycles. The smallest absolute Gasteiger partial charge is 0.236 e. The van der Waals surface area contributed by atoms with Crippen LogP contribution in [0.4, 0.5) is 0 Å². The molecule has 0 radical (unpaired) electrons. The number of nitrogens with zero attached hydrogens (tertiary/aromatic N) is 1. The first-order chi connectivity index (χ1) is 10.2. The van der Waals surface area contributed by atoms with Crippen molar-refractivity contribution in [3.05, 3.63) is 29.0 Å². The van der Waals surface area contributed by atoms with Gasteiger partial charge < -0.3 is 15.1 Å². The minimum Gasteiger partial charge on any atom is -0.440 e. The Balaban J connectivity index is 0.00000132. The monoisotopic (exact) mass is 377 g/mol. The molecule has 1 amide bonds. The number of oxazole rings is 1. The van der Waals surface area contributed by atoms with E-state index in [4.69, 9.17) is 4.42 Å². The first-order valence-corrected chi connectivity index (χ1v) is 8.10. The van der Waals surface area contributed by atoms with Gasteiger partial charge in [-0.25, -0.2) is 4.98 Å². The molecule has 2 aromatic rings. The second-order valence-corrected chi connectivity index (χ2v) is 6.22. The fraction of sp³-hybridized carbons (Fsp3) is 0.467. The van der Waals surface area contributed by atoms with Crippen molar-refractivity contribution in [2.24, 2.45) is 0 Å². The van der Waals surface area contributed by atoms with Gasteiger partial charge in [0.25, 0.3) is 0 Å². The maximum Gasteiger partial charge on any atom is 0.236 e. The second-order valence-electron chi connectivity index (χ2n) is 5.27. The summed E-state index contributed by atoms with van der Waals surface area (Å²) in [7, 11) is 0. The van der Waals surface area contributed by atoms with E-state index in [0.717, 1.165) is 23.5 Å². The van der Waals surface area contributed by atoms with Gasteiger partial charge in [0.05, 0.1) is 17.0 Å². The van der Waals surface area contributed by atoms with E-state index in [1.807, 2.05) is 24.4 Å². The molecule has 0 saturated carbocycles. The van der Waals surface area contributed by atoms with E-state index in [9.17, 15) is 4.79 Å². The van der Waals surface area contributed by atoms with Gasteiger partial charge in [0, 0.05) is 12.6 Å². The van der Waals surface area contributed by atoms with Gasteiger partial charge in [-0.15, -0.1) is 36.2 Å². The summed E-state index contributed by atoms with van der Waals surface area (Å²) in [6, 6.07) is 4.33. The van der Waals surface area contributed by atoms with E-state index >= 15 is 0 Å². The summed E-state index contributed by atoms with van der Waals surface area (Å²) in [6.07, 6.45) is 2.59. The highest BCUT2D eigenvalue weighted by Gasteiger charge is 2.17. The van der Waals surface area contributed by atoms with Crippen LogP contribution in [0.25, 0.3) is 10.8 Å². The van der Waals surface area contributed by atoms with Crippen LogP contribution in [-0.2, 0) is 11.2 Å². The molecular formula is C15H21Cl2N3O2S. The number of halogens is 2. The van der Waals surface area contributed by atoms with Crippen LogP contribution in [0.5, 0.6) is 0 Å². The van der Waals surface area contributed by atoms with E-state index < -0.39 is 0 Å². The number of carbonyl (C=O) groups excluding carboxylic acids is 1. The van der Waals surface area contributed by atoms with Crippen LogP contribution in [0, 0.1) is 6.92 Å². The molecular weight excluding hydrogens is 357 g/mol. The lowest BCUT2D eigenvalue weighted by molar-refractivity contribution is -0.120. The second kappa shape index (κ2) is 9.27. The maximum absolute atomic E-state index is 12.0. The molecule has 1 saturated heterocycles. The molecule has 5 nitrogen and oxygen atoms in total. The molecule has 1 unspecified atom stereocenters. The Hall–Kier alpha value is -1.08. The lowest BCUT2D eigenvalue weighted by Gasteiger charge is -2.10. The Bertz CT molecular complexity index is 610. The molecule has 3 rings (SSSR count). The summed E-state index contributed by atoms with van der Waals surface area (Å²) < 4.78 is 5.64. The van der Waals surface area contributed by atoms with Crippen molar-refractivity contribution in [1.82, 2.24) is 15.6 Å². The van der Waals surface area contributed by atoms with Crippen LogP contribution >= 0.6 is 36.2 Å². The molecule has 8 heteroatoms. The first-order valence-electron chi connectivity index (χ1n) is 7.22. The normalized spacial score (nSPS) is 16.5. The van der Waals surface area contributed by atoms with Crippen LogP contribution in [0.3, 0.4) is 0 Å². The van der Waals surface area contributed by atoms with Gasteiger partial charge in [0.2, 0.25) is 11.8 Å². The zero-order chi connectivity index (χ0) is 14.7. The zero-order valence-corrected chi connectivity index (χ0v) is 15.3. The number of aromatic nitrogens is 1. The van der Waals surface area contributed by atoms with Crippen molar-refractivity contribution >= 4 is 42.1 Å². The third-order valence-corrected chi connectivity index (χ3v) is 4.52. The summed E-state index contributed by atoms with van der Waals surface area (Å²) in [5.74, 6) is 1.31. The van der Waals surface area contributed by atoms with Crippen LogP contribution < -0.4 is 10.6 Å². The van der Waals surface area contributed by atoms with E-state index in [2.05, 4.69) is 15.6 Å². The highest BCUT2D eigenvalue weighted by Crippen LogP contribution is 2.25. The molecule has 128 valence electrons. The number of rotatable bonds is 5. The summed E-state index contributed by atoms with van der Waals surface area (Å²) >= 11 is 1.58. The number of hydrogen-bond acceptors (Lipinski definition) is 5. The Morgan fingerprint density at radius 3 is 3.00 bits per heavy atom. The molecule has 1 atom stereocenters. The summed E-state index contributed by atoms with van der Waals surface area (Å²) in [4.78, 5) is 17.4. The lowest BCUT2D eigenvalue weighted by atomic mass is 10.2. The molecule has 0 aliphatic carbocycles. The van der Waals surface area contributed by atoms with E-state index in [0.29, 0.717) is 24.2 Å². The average molecular weight is 378 g/mol. The molecule has 1 aliphatic heterocycles. The van der Waals surface area contributed by atoms with Crippen LogP contribution in [-0.4, -0.2) is 30.0 Å². The van der Waals surface area contributed by atoms with Crippen molar-refractivity contribution in [3.63, 3.8) is 0 Å². The summed E-state index contributed by atoms with van der Waals surface area (Å²) in [5.41, 5.74) is 0.718. The zero-order valence-electron chi connectivity index (χ0n) is 12.8. The molecule has 2 N–H and O–H groups in total. The van der Waals surface area contributed by atoms with Gasteiger partial charge >= 0.3 is 0 Å². The Labute approximate surface area is 152 Å². The predicted molar refractivity (Wildman–Crippen MR) is 96.8 cm³/mol. The van der Waals surface area contributed by atoms with Crippen LogP contribution in [0.2, 0.25) is 0 Å². The fourth-order valence-corrected chi connectivity index (χ4v) is 3.13.